The molecule has 0 bridgehead atoms. The van der Waals surface area contributed by atoms with Crippen molar-refractivity contribution in [2.75, 3.05) is 0 Å². The van der Waals surface area contributed by atoms with Crippen LogP contribution in [-0.2, 0) is 11.0 Å². The van der Waals surface area contributed by atoms with Crippen molar-refractivity contribution in [3.63, 3.8) is 0 Å². The number of hydrogen-bond acceptors (Lipinski definition) is 0. The molecular formula is C9H11ClMg. The fourth-order valence-corrected chi connectivity index (χ4v) is 1.27. The molecule has 0 atom stereocenters. The van der Waals surface area contributed by atoms with E-state index >= 15 is 0 Å². The largest absolute Gasteiger partial charge is 1.00 e. The average Bonchev–Trinajstić information content (AvgIpc) is 2.05. The van der Waals surface area contributed by atoms with E-state index in [1.165, 1.54) is 15.7 Å². The Hall–Kier alpha value is 0.276. The summed E-state index contributed by atoms with van der Waals surface area (Å²) in [5.74, 6) is 0. The summed E-state index contributed by atoms with van der Waals surface area (Å²) in [6.07, 6.45) is 1.15. The number of hydrogen-bond donors (Lipinski definition) is 0. The maximum Gasteiger partial charge on any atom is -1.00 e. The first-order valence-electron chi connectivity index (χ1n) is 3.74. The predicted octanol–water partition coefficient (Wildman–Crippen LogP) is -1.08. The molecule has 0 fully saturated rings. The topological polar surface area (TPSA) is 0 Å². The molecule has 0 aliphatic heterocycles. The Morgan fingerprint density at radius 2 is 1.55 bits per heavy atom. The van der Waals surface area contributed by atoms with Gasteiger partial charge in [-0.3, -0.25) is 0 Å². The molecule has 0 aliphatic carbocycles. The van der Waals surface area contributed by atoms with Crippen molar-refractivity contribution in [1.29, 1.82) is 0 Å². The van der Waals surface area contributed by atoms with Crippen LogP contribution in [0.5, 0.6) is 0 Å². The van der Waals surface area contributed by atoms with Crippen LogP contribution < -0.4 is 12.4 Å². The minimum atomic E-state index is 0. The molecule has 0 aliphatic rings. The SMILES string of the molecule is CCc1ccc([CH2][Mg+])cc1.[Cl-]. The molecule has 1 aromatic carbocycles. The second-order valence-electron chi connectivity index (χ2n) is 2.42. The van der Waals surface area contributed by atoms with E-state index in [0.29, 0.717) is 0 Å². The smallest absolute Gasteiger partial charge is 1.00 e. The normalized spacial score (nSPS) is 9.00. The molecule has 0 radical (unpaired) electrons. The summed E-state index contributed by atoms with van der Waals surface area (Å²) in [4.78, 5) is 0. The quantitative estimate of drug-likeness (QED) is 0.506. The molecule has 56 valence electrons. The number of benzene rings is 1. The van der Waals surface area contributed by atoms with Gasteiger partial charge in [-0.15, -0.1) is 0 Å². The molecule has 1 aromatic rings. The van der Waals surface area contributed by atoms with Gasteiger partial charge in [-0.2, -0.15) is 0 Å². The van der Waals surface area contributed by atoms with Crippen LogP contribution in [-0.4, -0.2) is 21.7 Å². The van der Waals surface area contributed by atoms with Crippen molar-refractivity contribution in [1.82, 2.24) is 0 Å². The maximum absolute atomic E-state index is 2.21. The van der Waals surface area contributed by atoms with E-state index in [9.17, 15) is 0 Å². The molecule has 1 rings (SSSR count). The zero-order valence-electron chi connectivity index (χ0n) is 6.81. The Labute approximate surface area is 87.2 Å². The van der Waals surface area contributed by atoms with E-state index < -0.39 is 0 Å². The Kier molecular flexibility index (Phi) is 6.01. The van der Waals surface area contributed by atoms with Gasteiger partial charge in [0.15, 0.2) is 0 Å². The molecule has 0 amide bonds. The average molecular weight is 179 g/mol. The fraction of sp³-hybridized carbons (Fsp3) is 0.333. The van der Waals surface area contributed by atoms with Crippen LogP contribution in [0.3, 0.4) is 0 Å². The van der Waals surface area contributed by atoms with Crippen LogP contribution in [0.2, 0.25) is 0 Å². The van der Waals surface area contributed by atoms with Crippen molar-refractivity contribution < 1.29 is 12.4 Å². The van der Waals surface area contributed by atoms with Gasteiger partial charge in [0, 0.05) is 0 Å². The fourth-order valence-electron chi connectivity index (χ4n) is 0.942. The van der Waals surface area contributed by atoms with Crippen molar-refractivity contribution >= 4 is 21.7 Å². The molecule has 11 heavy (non-hydrogen) atoms. The third-order valence-corrected chi connectivity index (χ3v) is 2.30. The zero-order valence-corrected chi connectivity index (χ0v) is 8.98. The third kappa shape index (κ3) is 3.45. The van der Waals surface area contributed by atoms with E-state index in [1.807, 2.05) is 21.7 Å². The van der Waals surface area contributed by atoms with Crippen molar-refractivity contribution in [2.24, 2.45) is 0 Å². The van der Waals surface area contributed by atoms with Gasteiger partial charge in [-0.25, -0.2) is 0 Å². The summed E-state index contributed by atoms with van der Waals surface area (Å²) < 4.78 is 1.17. The molecule has 0 saturated heterocycles. The Morgan fingerprint density at radius 1 is 1.09 bits per heavy atom. The summed E-state index contributed by atoms with van der Waals surface area (Å²) in [6.45, 7) is 2.18. The van der Waals surface area contributed by atoms with Crippen molar-refractivity contribution in [3.8, 4) is 0 Å². The first-order valence-corrected chi connectivity index (χ1v) is 4.74. The van der Waals surface area contributed by atoms with Gasteiger partial charge < -0.3 is 12.4 Å². The van der Waals surface area contributed by atoms with Gasteiger partial charge in [0.2, 0.25) is 0 Å². The summed E-state index contributed by atoms with van der Waals surface area (Å²) in [5, 5.41) is 0. The Morgan fingerprint density at radius 3 is 1.91 bits per heavy atom. The second-order valence-corrected chi connectivity index (χ2v) is 2.92. The van der Waals surface area contributed by atoms with Gasteiger partial charge in [-0.1, -0.05) is 0 Å². The second kappa shape index (κ2) is 5.87. The molecule has 0 spiro atoms. The molecule has 0 saturated carbocycles. The number of halogens is 1. The summed E-state index contributed by atoms with van der Waals surface area (Å²) in [6, 6.07) is 8.85. The van der Waals surface area contributed by atoms with Crippen molar-refractivity contribution in [2.45, 2.75) is 17.9 Å². The van der Waals surface area contributed by atoms with E-state index in [0.717, 1.165) is 6.42 Å². The molecule has 2 heteroatoms. The van der Waals surface area contributed by atoms with Crippen LogP contribution in [0, 0.1) is 0 Å². The van der Waals surface area contributed by atoms with Gasteiger partial charge >= 0.3 is 75.0 Å². The van der Waals surface area contributed by atoms with Gasteiger partial charge in [0.05, 0.1) is 0 Å². The summed E-state index contributed by atoms with van der Waals surface area (Å²) in [7, 11) is 0. The standard InChI is InChI=1S/C9H11.ClH.Mg/c1-3-9-6-4-8(2)5-7-9;;/h4-7H,2-3H2,1H3;1H;/q;;+1/p-1. The van der Waals surface area contributed by atoms with Crippen LogP contribution in [0.15, 0.2) is 24.3 Å². The van der Waals surface area contributed by atoms with Gasteiger partial charge in [0.25, 0.3) is 0 Å². The summed E-state index contributed by atoms with van der Waals surface area (Å²) in [5.41, 5.74) is 2.87. The van der Waals surface area contributed by atoms with Crippen LogP contribution >= 0.6 is 0 Å². The molecular weight excluding hydrogens is 168 g/mol. The summed E-state index contributed by atoms with van der Waals surface area (Å²) >= 11 is 2.00. The molecule has 0 aromatic heterocycles. The number of aryl methyl sites for hydroxylation is 1. The zero-order chi connectivity index (χ0) is 7.40. The maximum atomic E-state index is 2.21. The van der Waals surface area contributed by atoms with E-state index in [1.54, 1.807) is 0 Å². The van der Waals surface area contributed by atoms with E-state index in [2.05, 4.69) is 31.2 Å². The van der Waals surface area contributed by atoms with E-state index in [-0.39, 0.29) is 12.4 Å². The van der Waals surface area contributed by atoms with E-state index in [4.69, 9.17) is 0 Å². The predicted molar refractivity (Wildman–Crippen MR) is 45.3 cm³/mol. The van der Waals surface area contributed by atoms with Crippen molar-refractivity contribution in [3.05, 3.63) is 35.4 Å². The third-order valence-electron chi connectivity index (χ3n) is 1.72. The first-order chi connectivity index (χ1) is 4.86. The van der Waals surface area contributed by atoms with Crippen LogP contribution in [0.25, 0.3) is 0 Å². The number of rotatable bonds is 2. The van der Waals surface area contributed by atoms with Crippen LogP contribution in [0.1, 0.15) is 18.1 Å². The minimum Gasteiger partial charge on any atom is -1.00 e. The van der Waals surface area contributed by atoms with Gasteiger partial charge in [0.1, 0.15) is 0 Å². The Bertz CT molecular complexity index is 170. The first kappa shape index (κ1) is 11.3. The molecule has 0 nitrogen and oxygen atoms in total. The minimum absolute atomic E-state index is 0. The van der Waals surface area contributed by atoms with Crippen LogP contribution in [0.4, 0.5) is 0 Å². The van der Waals surface area contributed by atoms with Gasteiger partial charge in [-0.05, 0) is 0 Å². The molecule has 0 unspecified atom stereocenters. The monoisotopic (exact) mass is 178 g/mol. The molecule has 0 heterocycles. The molecule has 0 N–H and O–H groups in total. The Balaban J connectivity index is 0.000001000.